The van der Waals surface area contributed by atoms with Crippen molar-refractivity contribution in [1.82, 2.24) is 0 Å². The Labute approximate surface area is 80.9 Å². The summed E-state index contributed by atoms with van der Waals surface area (Å²) in [7, 11) is 0. The SMILES string of the molecule is CCCCCC(=O)C1CCC(N)C1. The van der Waals surface area contributed by atoms with Crippen molar-refractivity contribution < 1.29 is 4.79 Å². The Morgan fingerprint density at radius 2 is 2.15 bits per heavy atom. The monoisotopic (exact) mass is 183 g/mol. The maximum atomic E-state index is 11.6. The Balaban J connectivity index is 2.16. The molecule has 0 aromatic rings. The van der Waals surface area contributed by atoms with Gasteiger partial charge in [-0.3, -0.25) is 4.79 Å². The highest BCUT2D eigenvalue weighted by molar-refractivity contribution is 5.81. The molecule has 76 valence electrons. The predicted octanol–water partition coefficient (Wildman–Crippen LogP) is 2.26. The molecule has 0 saturated heterocycles. The van der Waals surface area contributed by atoms with Crippen molar-refractivity contribution in [1.29, 1.82) is 0 Å². The van der Waals surface area contributed by atoms with Crippen LogP contribution in [0.3, 0.4) is 0 Å². The minimum Gasteiger partial charge on any atom is -0.328 e. The quantitative estimate of drug-likeness (QED) is 0.664. The molecule has 2 atom stereocenters. The number of Topliss-reactive ketones (excluding diaryl/α,β-unsaturated/α-hetero) is 1. The zero-order valence-corrected chi connectivity index (χ0v) is 8.59. The average Bonchev–Trinajstić information content (AvgIpc) is 2.52. The van der Waals surface area contributed by atoms with Crippen LogP contribution in [0.5, 0.6) is 0 Å². The lowest BCUT2D eigenvalue weighted by Crippen LogP contribution is -2.17. The van der Waals surface area contributed by atoms with Crippen molar-refractivity contribution in [3.05, 3.63) is 0 Å². The molecule has 1 aliphatic carbocycles. The van der Waals surface area contributed by atoms with Gasteiger partial charge in [0.25, 0.3) is 0 Å². The summed E-state index contributed by atoms with van der Waals surface area (Å²) >= 11 is 0. The lowest BCUT2D eigenvalue weighted by molar-refractivity contribution is -0.122. The highest BCUT2D eigenvalue weighted by Gasteiger charge is 2.26. The molecule has 1 aliphatic rings. The van der Waals surface area contributed by atoms with Crippen LogP contribution in [0.15, 0.2) is 0 Å². The molecule has 0 bridgehead atoms. The van der Waals surface area contributed by atoms with E-state index in [0.29, 0.717) is 17.7 Å². The standard InChI is InChI=1S/C11H21NO/c1-2-3-4-5-11(13)9-6-7-10(12)8-9/h9-10H,2-8,12H2,1H3. The van der Waals surface area contributed by atoms with E-state index >= 15 is 0 Å². The van der Waals surface area contributed by atoms with Gasteiger partial charge in [0, 0.05) is 18.4 Å². The summed E-state index contributed by atoms with van der Waals surface area (Å²) in [5.41, 5.74) is 5.77. The van der Waals surface area contributed by atoms with E-state index in [9.17, 15) is 4.79 Å². The Kier molecular flexibility index (Phi) is 4.43. The molecule has 0 radical (unpaired) electrons. The van der Waals surface area contributed by atoms with Gasteiger partial charge in [-0.05, 0) is 25.7 Å². The largest absolute Gasteiger partial charge is 0.328 e. The van der Waals surface area contributed by atoms with Crippen LogP contribution < -0.4 is 5.73 Å². The molecule has 1 fully saturated rings. The first-order chi connectivity index (χ1) is 6.24. The van der Waals surface area contributed by atoms with Gasteiger partial charge < -0.3 is 5.73 Å². The van der Waals surface area contributed by atoms with E-state index in [0.717, 1.165) is 32.1 Å². The lowest BCUT2D eigenvalue weighted by atomic mass is 9.97. The van der Waals surface area contributed by atoms with Gasteiger partial charge in [0.1, 0.15) is 5.78 Å². The highest BCUT2D eigenvalue weighted by atomic mass is 16.1. The van der Waals surface area contributed by atoms with Gasteiger partial charge in [0.15, 0.2) is 0 Å². The van der Waals surface area contributed by atoms with Gasteiger partial charge in [-0.2, -0.15) is 0 Å². The Bertz CT molecular complexity index is 167. The molecule has 0 aliphatic heterocycles. The van der Waals surface area contributed by atoms with Gasteiger partial charge in [-0.25, -0.2) is 0 Å². The zero-order valence-electron chi connectivity index (χ0n) is 8.59. The summed E-state index contributed by atoms with van der Waals surface area (Å²) in [5, 5.41) is 0. The van der Waals surface area contributed by atoms with E-state index < -0.39 is 0 Å². The molecule has 13 heavy (non-hydrogen) atoms. The number of hydrogen-bond acceptors (Lipinski definition) is 2. The number of nitrogens with two attached hydrogens (primary N) is 1. The fourth-order valence-corrected chi connectivity index (χ4v) is 2.06. The van der Waals surface area contributed by atoms with Crippen LogP contribution in [0.4, 0.5) is 0 Å². The third kappa shape index (κ3) is 3.47. The van der Waals surface area contributed by atoms with Crippen LogP contribution in [0.1, 0.15) is 51.9 Å². The molecule has 1 saturated carbocycles. The second-order valence-corrected chi connectivity index (χ2v) is 4.19. The van der Waals surface area contributed by atoms with Gasteiger partial charge >= 0.3 is 0 Å². The first-order valence-corrected chi connectivity index (χ1v) is 5.52. The zero-order chi connectivity index (χ0) is 9.68. The number of rotatable bonds is 5. The van der Waals surface area contributed by atoms with E-state index in [1.165, 1.54) is 12.8 Å². The third-order valence-corrected chi connectivity index (χ3v) is 2.96. The van der Waals surface area contributed by atoms with E-state index in [4.69, 9.17) is 5.73 Å². The maximum Gasteiger partial charge on any atom is 0.136 e. The maximum absolute atomic E-state index is 11.6. The molecule has 2 unspecified atom stereocenters. The number of carbonyl (C=O) groups is 1. The molecule has 0 heterocycles. The molecule has 0 amide bonds. The van der Waals surface area contributed by atoms with Gasteiger partial charge in [0.05, 0.1) is 0 Å². The minimum atomic E-state index is 0.292. The fraction of sp³-hybridized carbons (Fsp3) is 0.909. The summed E-state index contributed by atoms with van der Waals surface area (Å²) < 4.78 is 0. The van der Waals surface area contributed by atoms with E-state index in [-0.39, 0.29) is 0 Å². The summed E-state index contributed by atoms with van der Waals surface area (Å²) in [6, 6.07) is 0.292. The van der Waals surface area contributed by atoms with Crippen molar-refractivity contribution in [2.75, 3.05) is 0 Å². The molecule has 2 heteroatoms. The highest BCUT2D eigenvalue weighted by Crippen LogP contribution is 2.26. The van der Waals surface area contributed by atoms with Crippen LogP contribution in [0.2, 0.25) is 0 Å². The van der Waals surface area contributed by atoms with E-state index in [2.05, 4.69) is 6.92 Å². The minimum absolute atomic E-state index is 0.292. The number of hydrogen-bond donors (Lipinski definition) is 1. The Morgan fingerprint density at radius 1 is 1.38 bits per heavy atom. The van der Waals surface area contributed by atoms with E-state index in [1.807, 2.05) is 0 Å². The van der Waals surface area contributed by atoms with Gasteiger partial charge in [-0.15, -0.1) is 0 Å². The first kappa shape index (κ1) is 10.7. The van der Waals surface area contributed by atoms with Crippen LogP contribution in [-0.4, -0.2) is 11.8 Å². The lowest BCUT2D eigenvalue weighted by Gasteiger charge is -2.07. The van der Waals surface area contributed by atoms with Crippen molar-refractivity contribution in [2.24, 2.45) is 11.7 Å². The molecule has 2 nitrogen and oxygen atoms in total. The van der Waals surface area contributed by atoms with Crippen molar-refractivity contribution in [3.8, 4) is 0 Å². The molecular weight excluding hydrogens is 162 g/mol. The predicted molar refractivity (Wildman–Crippen MR) is 54.5 cm³/mol. The number of unbranched alkanes of at least 4 members (excludes halogenated alkanes) is 2. The second-order valence-electron chi connectivity index (χ2n) is 4.19. The van der Waals surface area contributed by atoms with E-state index in [1.54, 1.807) is 0 Å². The number of ketones is 1. The summed E-state index contributed by atoms with van der Waals surface area (Å²) in [6.07, 6.45) is 7.25. The molecule has 1 rings (SSSR count). The molecule has 2 N–H and O–H groups in total. The average molecular weight is 183 g/mol. The van der Waals surface area contributed by atoms with Crippen LogP contribution in [-0.2, 0) is 4.79 Å². The topological polar surface area (TPSA) is 43.1 Å². The molecular formula is C11H21NO. The van der Waals surface area contributed by atoms with Crippen LogP contribution in [0, 0.1) is 5.92 Å². The summed E-state index contributed by atoms with van der Waals surface area (Å²) in [6.45, 7) is 2.16. The smallest absolute Gasteiger partial charge is 0.136 e. The van der Waals surface area contributed by atoms with Crippen molar-refractivity contribution in [2.45, 2.75) is 57.9 Å². The Morgan fingerprint density at radius 3 is 2.69 bits per heavy atom. The summed E-state index contributed by atoms with van der Waals surface area (Å²) in [5.74, 6) is 0.758. The molecule has 0 spiro atoms. The molecule has 0 aromatic heterocycles. The van der Waals surface area contributed by atoms with Crippen molar-refractivity contribution >= 4 is 5.78 Å². The van der Waals surface area contributed by atoms with Crippen molar-refractivity contribution in [3.63, 3.8) is 0 Å². The number of carbonyl (C=O) groups excluding carboxylic acids is 1. The second kappa shape index (κ2) is 5.38. The Hall–Kier alpha value is -0.370. The van der Waals surface area contributed by atoms with Crippen LogP contribution >= 0.6 is 0 Å². The van der Waals surface area contributed by atoms with Gasteiger partial charge in [-0.1, -0.05) is 19.8 Å². The fourth-order valence-electron chi connectivity index (χ4n) is 2.06. The summed E-state index contributed by atoms with van der Waals surface area (Å²) in [4.78, 5) is 11.6. The third-order valence-electron chi connectivity index (χ3n) is 2.96. The normalized spacial score (nSPS) is 27.8. The van der Waals surface area contributed by atoms with Crippen LogP contribution in [0.25, 0.3) is 0 Å². The van der Waals surface area contributed by atoms with Gasteiger partial charge in [0.2, 0.25) is 0 Å². The first-order valence-electron chi connectivity index (χ1n) is 5.52. The molecule has 0 aromatic carbocycles.